The number of ether oxygens (including phenoxy) is 1. The van der Waals surface area contributed by atoms with Gasteiger partial charge in [0.2, 0.25) is 5.91 Å². The van der Waals surface area contributed by atoms with Crippen molar-refractivity contribution in [1.82, 2.24) is 5.32 Å². The molecule has 23 heavy (non-hydrogen) atoms. The van der Waals surface area contributed by atoms with Crippen molar-refractivity contribution < 1.29 is 14.3 Å². The molecule has 0 aliphatic rings. The van der Waals surface area contributed by atoms with Gasteiger partial charge in [-0.3, -0.25) is 4.79 Å². The Balaban J connectivity index is 2.73. The highest BCUT2D eigenvalue weighted by Gasteiger charge is 2.19. The van der Waals surface area contributed by atoms with E-state index < -0.39 is 11.7 Å². The van der Waals surface area contributed by atoms with Crippen molar-refractivity contribution in [2.75, 3.05) is 18.0 Å². The van der Waals surface area contributed by atoms with Gasteiger partial charge in [0.05, 0.1) is 12.5 Å². The molecule has 0 unspecified atom stereocenters. The maximum absolute atomic E-state index is 12.4. The molecule has 0 bridgehead atoms. The van der Waals surface area contributed by atoms with E-state index in [0.717, 1.165) is 5.56 Å². The van der Waals surface area contributed by atoms with Crippen LogP contribution in [0, 0.1) is 18.3 Å². The zero-order valence-corrected chi connectivity index (χ0v) is 14.0. The lowest BCUT2D eigenvalue weighted by molar-refractivity contribution is -0.117. The first-order valence-corrected chi connectivity index (χ1v) is 7.44. The Hall–Kier alpha value is -2.55. The third-order valence-electron chi connectivity index (χ3n) is 2.84. The third kappa shape index (κ3) is 6.83. The molecular weight excluding hydrogens is 294 g/mol. The second-order valence-corrected chi connectivity index (χ2v) is 6.15. The lowest BCUT2D eigenvalue weighted by Crippen LogP contribution is -2.42. The van der Waals surface area contributed by atoms with Gasteiger partial charge >= 0.3 is 6.09 Å². The molecule has 6 heteroatoms. The minimum atomic E-state index is -0.643. The van der Waals surface area contributed by atoms with Crippen molar-refractivity contribution in [3.8, 4) is 6.07 Å². The van der Waals surface area contributed by atoms with Gasteiger partial charge in [-0.05, 0) is 45.4 Å². The quantitative estimate of drug-likeness (QED) is 0.905. The largest absolute Gasteiger partial charge is 0.444 e. The number of aryl methyl sites for hydroxylation is 1. The molecule has 0 radical (unpaired) electrons. The van der Waals surface area contributed by atoms with Crippen molar-refractivity contribution in [3.63, 3.8) is 0 Å². The molecule has 1 rings (SSSR count). The first-order chi connectivity index (χ1) is 10.7. The molecular formula is C17H23N3O3. The fourth-order valence-electron chi connectivity index (χ4n) is 1.91. The number of benzene rings is 1. The summed E-state index contributed by atoms with van der Waals surface area (Å²) in [5, 5.41) is 11.2. The summed E-state index contributed by atoms with van der Waals surface area (Å²) in [6.07, 6.45) is -0.429. The van der Waals surface area contributed by atoms with Crippen LogP contribution in [0.1, 0.15) is 32.8 Å². The Morgan fingerprint density at radius 1 is 1.35 bits per heavy atom. The van der Waals surface area contributed by atoms with E-state index in [-0.39, 0.29) is 25.4 Å². The lowest BCUT2D eigenvalue weighted by Gasteiger charge is -2.23. The molecule has 0 aliphatic carbocycles. The predicted molar refractivity (Wildman–Crippen MR) is 88.0 cm³/mol. The van der Waals surface area contributed by atoms with Crippen LogP contribution >= 0.6 is 0 Å². The van der Waals surface area contributed by atoms with Crippen LogP contribution in [0.5, 0.6) is 0 Å². The van der Waals surface area contributed by atoms with E-state index in [0.29, 0.717) is 5.69 Å². The number of nitrogens with zero attached hydrogens (tertiary/aromatic N) is 2. The van der Waals surface area contributed by atoms with E-state index in [2.05, 4.69) is 5.32 Å². The topological polar surface area (TPSA) is 82.4 Å². The molecule has 0 aliphatic heterocycles. The van der Waals surface area contributed by atoms with Gasteiger partial charge in [0.25, 0.3) is 0 Å². The lowest BCUT2D eigenvalue weighted by atomic mass is 10.2. The summed E-state index contributed by atoms with van der Waals surface area (Å²) in [5.41, 5.74) is 1.10. The van der Waals surface area contributed by atoms with E-state index in [1.807, 2.05) is 31.2 Å². The first kappa shape index (κ1) is 18.5. The molecule has 0 atom stereocenters. The maximum atomic E-state index is 12.4. The number of amides is 2. The van der Waals surface area contributed by atoms with E-state index >= 15 is 0 Å². The van der Waals surface area contributed by atoms with Crippen LogP contribution in [0.25, 0.3) is 0 Å². The van der Waals surface area contributed by atoms with Crippen LogP contribution in [-0.2, 0) is 9.53 Å². The second-order valence-electron chi connectivity index (χ2n) is 6.15. The Kier molecular flexibility index (Phi) is 6.58. The molecule has 1 N–H and O–H groups in total. The number of hydrogen-bond acceptors (Lipinski definition) is 4. The fourth-order valence-corrected chi connectivity index (χ4v) is 1.91. The number of carbonyl (C=O) groups is 2. The molecule has 0 fully saturated rings. The molecule has 1 aromatic rings. The van der Waals surface area contributed by atoms with E-state index in [1.54, 1.807) is 26.8 Å². The number of anilines is 1. The normalized spacial score (nSPS) is 10.6. The summed E-state index contributed by atoms with van der Waals surface area (Å²) in [6.45, 7) is 7.26. The summed E-state index contributed by atoms with van der Waals surface area (Å²) in [5.74, 6) is -0.295. The highest BCUT2D eigenvalue weighted by atomic mass is 16.6. The standard InChI is InChI=1S/C17H23N3O3/c1-13-7-5-8-14(11-13)20(10-6-9-18)15(21)12-19-16(22)23-17(2,3)4/h5,7-8,11H,6,10,12H2,1-4H3,(H,19,22). The van der Waals surface area contributed by atoms with Crippen molar-refractivity contribution in [2.45, 2.75) is 39.7 Å². The number of nitrogens with one attached hydrogen (secondary N) is 1. The molecule has 0 saturated carbocycles. The van der Waals surface area contributed by atoms with Crippen LogP contribution in [0.2, 0.25) is 0 Å². The average molecular weight is 317 g/mol. The predicted octanol–water partition coefficient (Wildman–Crippen LogP) is 2.77. The van der Waals surface area contributed by atoms with Gasteiger partial charge in [-0.2, -0.15) is 5.26 Å². The van der Waals surface area contributed by atoms with Crippen LogP contribution in [-0.4, -0.2) is 30.7 Å². The van der Waals surface area contributed by atoms with Gasteiger partial charge < -0.3 is 15.0 Å². The zero-order valence-electron chi connectivity index (χ0n) is 14.0. The van der Waals surface area contributed by atoms with Crippen LogP contribution in [0.15, 0.2) is 24.3 Å². The second kappa shape index (κ2) is 8.18. The Morgan fingerprint density at radius 3 is 2.61 bits per heavy atom. The summed E-state index contributed by atoms with van der Waals surface area (Å²) in [4.78, 5) is 25.5. The monoisotopic (exact) mass is 317 g/mol. The van der Waals surface area contributed by atoms with Crippen LogP contribution < -0.4 is 10.2 Å². The van der Waals surface area contributed by atoms with Gasteiger partial charge in [0.1, 0.15) is 12.1 Å². The molecule has 1 aromatic carbocycles. The van der Waals surface area contributed by atoms with Gasteiger partial charge in [-0.15, -0.1) is 0 Å². The highest BCUT2D eigenvalue weighted by molar-refractivity contribution is 5.96. The maximum Gasteiger partial charge on any atom is 0.408 e. The smallest absolute Gasteiger partial charge is 0.408 e. The summed E-state index contributed by atoms with van der Waals surface area (Å²) in [7, 11) is 0. The number of nitriles is 1. The Bertz CT molecular complexity index is 600. The number of rotatable bonds is 5. The minimum Gasteiger partial charge on any atom is -0.444 e. The van der Waals surface area contributed by atoms with E-state index in [1.165, 1.54) is 4.90 Å². The highest BCUT2D eigenvalue weighted by Crippen LogP contribution is 2.16. The fraction of sp³-hybridized carbons (Fsp3) is 0.471. The van der Waals surface area contributed by atoms with Crippen LogP contribution in [0.3, 0.4) is 0 Å². The van der Waals surface area contributed by atoms with Gasteiger partial charge in [-0.1, -0.05) is 12.1 Å². The summed E-state index contributed by atoms with van der Waals surface area (Å²) >= 11 is 0. The number of hydrogen-bond donors (Lipinski definition) is 1. The molecule has 2 amide bonds. The van der Waals surface area contributed by atoms with E-state index in [9.17, 15) is 9.59 Å². The molecule has 124 valence electrons. The third-order valence-corrected chi connectivity index (χ3v) is 2.84. The number of carbonyl (C=O) groups excluding carboxylic acids is 2. The average Bonchev–Trinajstić information content (AvgIpc) is 2.44. The Morgan fingerprint density at radius 2 is 2.04 bits per heavy atom. The van der Waals surface area contributed by atoms with Crippen LogP contribution in [0.4, 0.5) is 10.5 Å². The first-order valence-electron chi connectivity index (χ1n) is 7.44. The zero-order chi connectivity index (χ0) is 17.5. The van der Waals surface area contributed by atoms with Crippen molar-refractivity contribution in [3.05, 3.63) is 29.8 Å². The molecule has 0 spiro atoms. The summed E-state index contributed by atoms with van der Waals surface area (Å²) < 4.78 is 5.10. The molecule has 0 heterocycles. The van der Waals surface area contributed by atoms with E-state index in [4.69, 9.17) is 10.00 Å². The molecule has 6 nitrogen and oxygen atoms in total. The molecule has 0 aromatic heterocycles. The minimum absolute atomic E-state index is 0.186. The van der Waals surface area contributed by atoms with Gasteiger partial charge in [-0.25, -0.2) is 4.79 Å². The SMILES string of the molecule is Cc1cccc(N(CCC#N)C(=O)CNC(=O)OC(C)(C)C)c1. The van der Waals surface area contributed by atoms with Crippen molar-refractivity contribution in [2.24, 2.45) is 0 Å². The van der Waals surface area contributed by atoms with Gasteiger partial charge in [0, 0.05) is 12.2 Å². The number of alkyl carbamates (subject to hydrolysis) is 1. The molecule has 0 saturated heterocycles. The van der Waals surface area contributed by atoms with Crippen molar-refractivity contribution in [1.29, 1.82) is 5.26 Å². The Labute approximate surface area is 137 Å². The van der Waals surface area contributed by atoms with Gasteiger partial charge in [0.15, 0.2) is 0 Å². The summed E-state index contributed by atoms with van der Waals surface area (Å²) in [6, 6.07) is 9.46. The van der Waals surface area contributed by atoms with Crippen molar-refractivity contribution >= 4 is 17.7 Å².